The van der Waals surface area contributed by atoms with Crippen LogP contribution in [0.25, 0.3) is 0 Å². The van der Waals surface area contributed by atoms with E-state index in [-0.39, 0.29) is 24.3 Å². The maximum atomic E-state index is 12.4. The lowest BCUT2D eigenvalue weighted by molar-refractivity contribution is -0.117. The number of amides is 3. The van der Waals surface area contributed by atoms with Crippen LogP contribution in [0.15, 0.2) is 78.9 Å². The molecule has 0 spiro atoms. The van der Waals surface area contributed by atoms with Crippen LogP contribution >= 0.6 is 0 Å². The first-order chi connectivity index (χ1) is 17.5. The van der Waals surface area contributed by atoms with Gasteiger partial charge in [0.05, 0.1) is 6.54 Å². The molecule has 0 heterocycles. The van der Waals surface area contributed by atoms with Gasteiger partial charge in [0.25, 0.3) is 0 Å². The van der Waals surface area contributed by atoms with Gasteiger partial charge in [0.2, 0.25) is 17.7 Å². The fraction of sp³-hybridized carbons (Fsp3) is 0.276. The predicted molar refractivity (Wildman–Crippen MR) is 146 cm³/mol. The van der Waals surface area contributed by atoms with Crippen LogP contribution in [0.3, 0.4) is 0 Å². The van der Waals surface area contributed by atoms with E-state index >= 15 is 0 Å². The number of hydrogen-bond donors (Lipinski definition) is 4. The summed E-state index contributed by atoms with van der Waals surface area (Å²) in [6.07, 6.45) is 4.51. The highest BCUT2D eigenvalue weighted by Crippen LogP contribution is 2.17. The number of rotatable bonds is 13. The van der Waals surface area contributed by atoms with Crippen LogP contribution in [0.2, 0.25) is 0 Å². The Hall–Kier alpha value is -4.13. The number of aryl methyl sites for hydroxylation is 1. The molecule has 0 saturated carbocycles. The largest absolute Gasteiger partial charge is 0.376 e. The monoisotopic (exact) mass is 486 g/mol. The van der Waals surface area contributed by atoms with Gasteiger partial charge in [-0.05, 0) is 54.8 Å². The summed E-state index contributed by atoms with van der Waals surface area (Å²) >= 11 is 0. The molecule has 188 valence electrons. The Morgan fingerprint density at radius 2 is 1.17 bits per heavy atom. The Kier molecular flexibility index (Phi) is 10.5. The highest BCUT2D eigenvalue weighted by molar-refractivity contribution is 5.96. The van der Waals surface area contributed by atoms with Crippen LogP contribution in [-0.2, 0) is 20.8 Å². The highest BCUT2D eigenvalue weighted by atomic mass is 16.2. The second-order valence-electron chi connectivity index (χ2n) is 8.60. The lowest BCUT2D eigenvalue weighted by atomic mass is 10.1. The van der Waals surface area contributed by atoms with Crippen LogP contribution in [0.1, 0.15) is 44.6 Å². The standard InChI is InChI=1S/C29H34N4O3/c1-2-3-5-16-27(34)31-25-14-9-15-26(20-25)33-29(36)21-30-23-12-8-13-24(19-23)32-28(35)18-17-22-10-6-4-7-11-22/h4,6-15,19-20,30H,2-3,5,16-18,21H2,1H3,(H,31,34)(H,32,35)(H,33,36). The van der Waals surface area contributed by atoms with Crippen molar-refractivity contribution in [3.63, 3.8) is 0 Å². The van der Waals surface area contributed by atoms with Gasteiger partial charge in [0.1, 0.15) is 0 Å². The Morgan fingerprint density at radius 1 is 0.611 bits per heavy atom. The molecule has 3 aromatic rings. The van der Waals surface area contributed by atoms with Crippen LogP contribution in [0.5, 0.6) is 0 Å². The van der Waals surface area contributed by atoms with Gasteiger partial charge in [-0.2, -0.15) is 0 Å². The second kappa shape index (κ2) is 14.3. The maximum absolute atomic E-state index is 12.4. The van der Waals surface area contributed by atoms with Crippen molar-refractivity contribution >= 4 is 40.5 Å². The van der Waals surface area contributed by atoms with E-state index in [0.29, 0.717) is 36.3 Å². The fourth-order valence-electron chi connectivity index (χ4n) is 3.65. The predicted octanol–water partition coefficient (Wildman–Crippen LogP) is 5.83. The number of anilines is 4. The van der Waals surface area contributed by atoms with Gasteiger partial charge in [-0.3, -0.25) is 14.4 Å². The third-order valence-electron chi connectivity index (χ3n) is 5.52. The van der Waals surface area contributed by atoms with E-state index in [1.807, 2.05) is 48.5 Å². The average molecular weight is 487 g/mol. The molecule has 0 saturated heterocycles. The average Bonchev–Trinajstić information content (AvgIpc) is 2.87. The Balaban J connectivity index is 1.44. The molecule has 36 heavy (non-hydrogen) atoms. The van der Waals surface area contributed by atoms with E-state index < -0.39 is 0 Å². The first-order valence-electron chi connectivity index (χ1n) is 12.4. The first-order valence-corrected chi connectivity index (χ1v) is 12.4. The first kappa shape index (κ1) is 26.5. The summed E-state index contributed by atoms with van der Waals surface area (Å²) in [4.78, 5) is 36.8. The Bertz CT molecular complexity index is 1150. The number of nitrogens with one attached hydrogen (secondary N) is 4. The molecule has 3 aromatic carbocycles. The minimum Gasteiger partial charge on any atom is -0.376 e. The molecule has 0 aliphatic heterocycles. The summed E-state index contributed by atoms with van der Waals surface area (Å²) in [5, 5.41) is 11.7. The normalized spacial score (nSPS) is 10.4. The number of carbonyl (C=O) groups is 3. The zero-order valence-corrected chi connectivity index (χ0v) is 20.7. The maximum Gasteiger partial charge on any atom is 0.243 e. The molecule has 7 heteroatoms. The quantitative estimate of drug-likeness (QED) is 0.229. The third-order valence-corrected chi connectivity index (χ3v) is 5.52. The Labute approximate surface area is 212 Å². The van der Waals surface area contributed by atoms with Crippen molar-refractivity contribution in [1.29, 1.82) is 0 Å². The molecule has 0 atom stereocenters. The number of benzene rings is 3. The molecule has 0 radical (unpaired) electrons. The van der Waals surface area contributed by atoms with Gasteiger partial charge in [-0.1, -0.05) is 62.2 Å². The van der Waals surface area contributed by atoms with Crippen molar-refractivity contribution in [1.82, 2.24) is 0 Å². The molecule has 0 unspecified atom stereocenters. The van der Waals surface area contributed by atoms with E-state index in [1.165, 1.54) is 0 Å². The van der Waals surface area contributed by atoms with E-state index in [1.54, 1.807) is 30.3 Å². The fourth-order valence-corrected chi connectivity index (χ4v) is 3.65. The van der Waals surface area contributed by atoms with Crippen molar-refractivity contribution in [2.24, 2.45) is 0 Å². The molecule has 0 aromatic heterocycles. The van der Waals surface area contributed by atoms with Gasteiger partial charge < -0.3 is 21.3 Å². The van der Waals surface area contributed by atoms with E-state index in [2.05, 4.69) is 28.2 Å². The molecule has 3 amide bonds. The zero-order chi connectivity index (χ0) is 25.6. The van der Waals surface area contributed by atoms with Crippen molar-refractivity contribution in [2.45, 2.75) is 45.4 Å². The van der Waals surface area contributed by atoms with E-state index in [9.17, 15) is 14.4 Å². The zero-order valence-electron chi connectivity index (χ0n) is 20.7. The van der Waals surface area contributed by atoms with Gasteiger partial charge >= 0.3 is 0 Å². The number of unbranched alkanes of at least 4 members (excludes halogenated alkanes) is 2. The van der Waals surface area contributed by atoms with Crippen molar-refractivity contribution in [3.05, 3.63) is 84.4 Å². The van der Waals surface area contributed by atoms with Crippen molar-refractivity contribution in [3.8, 4) is 0 Å². The van der Waals surface area contributed by atoms with Crippen molar-refractivity contribution in [2.75, 3.05) is 27.8 Å². The lowest BCUT2D eigenvalue weighted by Crippen LogP contribution is -2.22. The molecular weight excluding hydrogens is 452 g/mol. The summed E-state index contributed by atoms with van der Waals surface area (Å²) in [5.74, 6) is -0.314. The van der Waals surface area contributed by atoms with E-state index in [0.717, 1.165) is 30.5 Å². The number of carbonyl (C=O) groups excluding carboxylic acids is 3. The van der Waals surface area contributed by atoms with Crippen LogP contribution < -0.4 is 21.3 Å². The smallest absolute Gasteiger partial charge is 0.243 e. The Morgan fingerprint density at radius 3 is 1.81 bits per heavy atom. The van der Waals surface area contributed by atoms with Gasteiger partial charge in [0.15, 0.2) is 0 Å². The van der Waals surface area contributed by atoms with Crippen LogP contribution in [-0.4, -0.2) is 24.3 Å². The van der Waals surface area contributed by atoms with E-state index in [4.69, 9.17) is 0 Å². The minimum atomic E-state index is -0.223. The number of hydrogen-bond acceptors (Lipinski definition) is 4. The topological polar surface area (TPSA) is 99.3 Å². The van der Waals surface area contributed by atoms with Crippen molar-refractivity contribution < 1.29 is 14.4 Å². The molecule has 0 bridgehead atoms. The summed E-state index contributed by atoms with van der Waals surface area (Å²) in [7, 11) is 0. The molecule has 0 aliphatic rings. The summed E-state index contributed by atoms with van der Waals surface area (Å²) in [6, 6.07) is 24.2. The van der Waals surface area contributed by atoms with Gasteiger partial charge in [0, 0.05) is 35.6 Å². The molecular formula is C29H34N4O3. The molecule has 4 N–H and O–H groups in total. The molecule has 0 aliphatic carbocycles. The molecule has 3 rings (SSSR count). The highest BCUT2D eigenvalue weighted by Gasteiger charge is 2.07. The molecule has 7 nitrogen and oxygen atoms in total. The lowest BCUT2D eigenvalue weighted by Gasteiger charge is -2.11. The summed E-state index contributed by atoms with van der Waals surface area (Å²) in [5.41, 5.74) is 3.76. The van der Waals surface area contributed by atoms with Crippen LogP contribution in [0.4, 0.5) is 22.7 Å². The SMILES string of the molecule is CCCCCC(=O)Nc1cccc(NC(=O)CNc2cccc(NC(=O)CCc3ccccc3)c2)c1. The molecule has 0 fully saturated rings. The third kappa shape index (κ3) is 9.62. The van der Waals surface area contributed by atoms with Gasteiger partial charge in [-0.25, -0.2) is 0 Å². The summed E-state index contributed by atoms with van der Waals surface area (Å²) in [6.45, 7) is 2.15. The van der Waals surface area contributed by atoms with Crippen LogP contribution in [0, 0.1) is 0 Å². The second-order valence-corrected chi connectivity index (χ2v) is 8.60. The minimum absolute atomic E-state index is 0.0272. The van der Waals surface area contributed by atoms with Gasteiger partial charge in [-0.15, -0.1) is 0 Å². The summed E-state index contributed by atoms with van der Waals surface area (Å²) < 4.78 is 0.